The van der Waals surface area contributed by atoms with Gasteiger partial charge in [-0.3, -0.25) is 9.59 Å². The van der Waals surface area contributed by atoms with Gasteiger partial charge in [-0.1, -0.05) is 25.1 Å². The molecule has 1 aromatic heterocycles. The van der Waals surface area contributed by atoms with E-state index in [1.54, 1.807) is 0 Å². The Bertz CT molecular complexity index is 807. The molecule has 1 saturated heterocycles. The summed E-state index contributed by atoms with van der Waals surface area (Å²) in [5.74, 6) is 1.30. The zero-order valence-electron chi connectivity index (χ0n) is 16.4. The van der Waals surface area contributed by atoms with E-state index in [1.165, 1.54) is 11.8 Å². The molecule has 0 atom stereocenters. The molecule has 5 nitrogen and oxygen atoms in total. The largest absolute Gasteiger partial charge is 0.353 e. The van der Waals surface area contributed by atoms with Crippen LogP contribution in [0.4, 0.5) is 0 Å². The number of carbonyl (C=O) groups is 2. The number of amides is 2. The summed E-state index contributed by atoms with van der Waals surface area (Å²) in [5.41, 5.74) is 1.04. The van der Waals surface area contributed by atoms with Crippen LogP contribution in [0.1, 0.15) is 33.6 Å². The number of aromatic nitrogens is 1. The van der Waals surface area contributed by atoms with Crippen molar-refractivity contribution in [2.75, 3.05) is 18.8 Å². The summed E-state index contributed by atoms with van der Waals surface area (Å²) in [4.78, 5) is 27.8. The molecule has 2 amide bonds. The lowest BCUT2D eigenvalue weighted by Crippen LogP contribution is -2.39. The zero-order valence-corrected chi connectivity index (χ0v) is 17.2. The molecular formula is C21H29N3O2S. The predicted octanol–water partition coefficient (Wildman–Crippen LogP) is 3.52. The second-order valence-electron chi connectivity index (χ2n) is 7.71. The average Bonchev–Trinajstić information content (AvgIpc) is 2.98. The Labute approximate surface area is 165 Å². The van der Waals surface area contributed by atoms with Gasteiger partial charge in [0.25, 0.3) is 0 Å². The van der Waals surface area contributed by atoms with Crippen molar-refractivity contribution in [3.8, 4) is 0 Å². The lowest BCUT2D eigenvalue weighted by atomic mass is 9.99. The molecule has 0 radical (unpaired) electrons. The van der Waals surface area contributed by atoms with Crippen LogP contribution in [0.2, 0.25) is 0 Å². The molecule has 0 aliphatic carbocycles. The molecule has 6 heteroatoms. The summed E-state index contributed by atoms with van der Waals surface area (Å²) in [6.07, 6.45) is 4.19. The van der Waals surface area contributed by atoms with Crippen LogP contribution in [-0.4, -0.2) is 46.2 Å². The third kappa shape index (κ3) is 5.06. The standard InChI is InChI=1S/C21H29N3O2S/c1-15(2)22-20(25)14-27-19-12-24(18-7-5-4-6-17(18)19)13-21(26)23-10-8-16(3)9-11-23/h4-7,12,15-16H,8-11,13-14H2,1-3H3,(H,22,25). The smallest absolute Gasteiger partial charge is 0.242 e. The number of likely N-dealkylation sites (tertiary alicyclic amines) is 1. The fourth-order valence-corrected chi connectivity index (χ4v) is 4.37. The number of thioether (sulfide) groups is 1. The van der Waals surface area contributed by atoms with Crippen LogP contribution in [0, 0.1) is 5.92 Å². The first-order valence-electron chi connectivity index (χ1n) is 9.72. The number of benzene rings is 1. The minimum absolute atomic E-state index is 0.0327. The fourth-order valence-electron chi connectivity index (χ4n) is 3.47. The van der Waals surface area contributed by atoms with Gasteiger partial charge in [-0.15, -0.1) is 11.8 Å². The van der Waals surface area contributed by atoms with E-state index in [2.05, 4.69) is 18.3 Å². The van der Waals surface area contributed by atoms with Gasteiger partial charge in [0.15, 0.2) is 0 Å². The minimum atomic E-state index is 0.0327. The topological polar surface area (TPSA) is 54.3 Å². The van der Waals surface area contributed by atoms with Crippen molar-refractivity contribution < 1.29 is 9.59 Å². The highest BCUT2D eigenvalue weighted by Gasteiger charge is 2.21. The second-order valence-corrected chi connectivity index (χ2v) is 8.73. The molecule has 2 heterocycles. The van der Waals surface area contributed by atoms with Gasteiger partial charge in [0, 0.05) is 41.1 Å². The van der Waals surface area contributed by atoms with Gasteiger partial charge < -0.3 is 14.8 Å². The van der Waals surface area contributed by atoms with Gasteiger partial charge in [-0.05, 0) is 38.7 Å². The monoisotopic (exact) mass is 387 g/mol. The lowest BCUT2D eigenvalue weighted by molar-refractivity contribution is -0.133. The summed E-state index contributed by atoms with van der Waals surface area (Å²) in [7, 11) is 0. The van der Waals surface area contributed by atoms with Crippen molar-refractivity contribution in [2.24, 2.45) is 5.92 Å². The molecule has 0 spiro atoms. The minimum Gasteiger partial charge on any atom is -0.353 e. The molecule has 1 aliphatic rings. The van der Waals surface area contributed by atoms with Crippen molar-refractivity contribution in [1.29, 1.82) is 0 Å². The summed E-state index contributed by atoms with van der Waals surface area (Å²) in [5, 5.41) is 4.02. The molecule has 0 unspecified atom stereocenters. The summed E-state index contributed by atoms with van der Waals surface area (Å²) in [6, 6.07) is 8.23. The maximum absolute atomic E-state index is 12.7. The summed E-state index contributed by atoms with van der Waals surface area (Å²) in [6.45, 7) is 8.24. The number of carbonyl (C=O) groups excluding carboxylic acids is 2. The Hall–Kier alpha value is -1.95. The van der Waals surface area contributed by atoms with Crippen LogP contribution in [0.15, 0.2) is 35.4 Å². The maximum Gasteiger partial charge on any atom is 0.242 e. The van der Waals surface area contributed by atoms with Crippen LogP contribution in [0.5, 0.6) is 0 Å². The Morgan fingerprint density at radius 1 is 1.22 bits per heavy atom. The van der Waals surface area contributed by atoms with Gasteiger partial charge in [-0.25, -0.2) is 0 Å². The first-order chi connectivity index (χ1) is 12.9. The molecule has 0 saturated carbocycles. The molecule has 2 aromatic rings. The van der Waals surface area contributed by atoms with Crippen LogP contribution in [0.3, 0.4) is 0 Å². The van der Waals surface area contributed by atoms with Gasteiger partial charge in [0.1, 0.15) is 6.54 Å². The number of nitrogens with one attached hydrogen (secondary N) is 1. The normalized spacial score (nSPS) is 15.5. The van der Waals surface area contributed by atoms with Gasteiger partial charge >= 0.3 is 0 Å². The number of fused-ring (bicyclic) bond motifs is 1. The molecule has 0 bridgehead atoms. The van der Waals surface area contributed by atoms with E-state index >= 15 is 0 Å². The number of piperidine rings is 1. The average molecular weight is 388 g/mol. The summed E-state index contributed by atoms with van der Waals surface area (Å²) < 4.78 is 2.03. The van der Waals surface area contributed by atoms with Crippen LogP contribution in [0.25, 0.3) is 10.9 Å². The Morgan fingerprint density at radius 2 is 1.93 bits per heavy atom. The lowest BCUT2D eigenvalue weighted by Gasteiger charge is -2.30. The highest BCUT2D eigenvalue weighted by molar-refractivity contribution is 8.00. The second kappa shape index (κ2) is 8.83. The van der Waals surface area contributed by atoms with Crippen LogP contribution >= 0.6 is 11.8 Å². The Morgan fingerprint density at radius 3 is 2.63 bits per heavy atom. The van der Waals surface area contributed by atoms with E-state index in [0.29, 0.717) is 18.2 Å². The van der Waals surface area contributed by atoms with Crippen molar-refractivity contribution in [3.63, 3.8) is 0 Å². The van der Waals surface area contributed by atoms with E-state index in [4.69, 9.17) is 0 Å². The number of para-hydroxylation sites is 1. The van der Waals surface area contributed by atoms with Crippen molar-refractivity contribution in [1.82, 2.24) is 14.8 Å². The van der Waals surface area contributed by atoms with Crippen molar-refractivity contribution >= 4 is 34.5 Å². The molecule has 1 fully saturated rings. The number of hydrogen-bond donors (Lipinski definition) is 1. The zero-order chi connectivity index (χ0) is 19.4. The third-order valence-electron chi connectivity index (χ3n) is 5.00. The molecule has 1 N–H and O–H groups in total. The highest BCUT2D eigenvalue weighted by atomic mass is 32.2. The fraction of sp³-hybridized carbons (Fsp3) is 0.524. The molecule has 146 valence electrons. The van der Waals surface area contributed by atoms with E-state index in [1.807, 2.05) is 47.7 Å². The number of hydrogen-bond acceptors (Lipinski definition) is 3. The molecule has 27 heavy (non-hydrogen) atoms. The van der Waals surface area contributed by atoms with Crippen LogP contribution < -0.4 is 5.32 Å². The SMILES string of the molecule is CC1CCN(C(=O)Cn2cc(SCC(=O)NC(C)C)c3ccccc32)CC1. The van der Waals surface area contributed by atoms with Crippen LogP contribution in [-0.2, 0) is 16.1 Å². The number of nitrogens with zero attached hydrogens (tertiary/aromatic N) is 2. The third-order valence-corrected chi connectivity index (χ3v) is 6.05. The molecule has 3 rings (SSSR count). The Kier molecular flexibility index (Phi) is 6.47. The summed E-state index contributed by atoms with van der Waals surface area (Å²) >= 11 is 1.53. The van der Waals surface area contributed by atoms with Gasteiger partial charge in [0.05, 0.1) is 5.75 Å². The first kappa shape index (κ1) is 19.8. The Balaban J connectivity index is 1.72. The van der Waals surface area contributed by atoms with Crippen molar-refractivity contribution in [3.05, 3.63) is 30.5 Å². The van der Waals surface area contributed by atoms with Gasteiger partial charge in [-0.2, -0.15) is 0 Å². The van der Waals surface area contributed by atoms with E-state index in [0.717, 1.165) is 41.7 Å². The highest BCUT2D eigenvalue weighted by Crippen LogP contribution is 2.30. The number of rotatable bonds is 6. The van der Waals surface area contributed by atoms with E-state index in [-0.39, 0.29) is 17.9 Å². The van der Waals surface area contributed by atoms with E-state index < -0.39 is 0 Å². The molecule has 1 aromatic carbocycles. The maximum atomic E-state index is 12.7. The predicted molar refractivity (Wildman–Crippen MR) is 111 cm³/mol. The van der Waals surface area contributed by atoms with Crippen molar-refractivity contribution in [2.45, 2.75) is 51.1 Å². The quantitative estimate of drug-likeness (QED) is 0.772. The van der Waals surface area contributed by atoms with Gasteiger partial charge in [0.2, 0.25) is 11.8 Å². The first-order valence-corrected chi connectivity index (χ1v) is 10.7. The molecular weight excluding hydrogens is 358 g/mol. The van der Waals surface area contributed by atoms with E-state index in [9.17, 15) is 9.59 Å². The molecule has 1 aliphatic heterocycles.